The van der Waals surface area contributed by atoms with Crippen molar-refractivity contribution in [3.05, 3.63) is 53.9 Å². The van der Waals surface area contributed by atoms with Gasteiger partial charge in [-0.1, -0.05) is 12.1 Å². The minimum absolute atomic E-state index is 0.000176. The number of carbonyl (C=O) groups excluding carboxylic acids is 1. The van der Waals surface area contributed by atoms with Gasteiger partial charge >= 0.3 is 0 Å². The molecule has 7 nitrogen and oxygen atoms in total. The van der Waals surface area contributed by atoms with Crippen molar-refractivity contribution in [3.8, 4) is 6.07 Å². The van der Waals surface area contributed by atoms with E-state index in [2.05, 4.69) is 16.4 Å². The van der Waals surface area contributed by atoms with Gasteiger partial charge in [0.05, 0.1) is 34.6 Å². The van der Waals surface area contributed by atoms with Crippen LogP contribution in [0.15, 0.2) is 42.6 Å². The second-order valence-electron chi connectivity index (χ2n) is 6.19. The fourth-order valence-electron chi connectivity index (χ4n) is 2.87. The number of carbonyl (C=O) groups is 1. The van der Waals surface area contributed by atoms with Crippen LogP contribution >= 0.6 is 0 Å². The van der Waals surface area contributed by atoms with Crippen LogP contribution in [0.2, 0.25) is 0 Å². The Balaban J connectivity index is 1.71. The van der Waals surface area contributed by atoms with Gasteiger partial charge in [0.1, 0.15) is 11.8 Å². The number of nitrogens with zero attached hydrogens (tertiary/aromatic N) is 3. The molecule has 8 heteroatoms. The molecule has 3 rings (SSSR count). The van der Waals surface area contributed by atoms with E-state index in [-0.39, 0.29) is 29.1 Å². The predicted octanol–water partition coefficient (Wildman–Crippen LogP) is 1.96. The Bertz CT molecular complexity index is 965. The number of pyridine rings is 1. The summed E-state index contributed by atoms with van der Waals surface area (Å²) in [4.78, 5) is 18.1. The third-order valence-corrected chi connectivity index (χ3v) is 6.14. The molecule has 1 aliphatic heterocycles. The number of nitriles is 1. The minimum Gasteiger partial charge on any atom is -0.353 e. The van der Waals surface area contributed by atoms with Crippen LogP contribution in [0.5, 0.6) is 0 Å². The van der Waals surface area contributed by atoms with E-state index >= 15 is 0 Å². The number of hydrogen-bond donors (Lipinski definition) is 1. The molecule has 0 spiro atoms. The number of benzene rings is 1. The number of nitrogens with one attached hydrogen (secondary N) is 1. The van der Waals surface area contributed by atoms with Crippen LogP contribution in [0.1, 0.15) is 22.5 Å². The lowest BCUT2D eigenvalue weighted by atomic mass is 10.2. The molecule has 0 radical (unpaired) electrons. The summed E-state index contributed by atoms with van der Waals surface area (Å²) in [5.41, 5.74) is 2.06. The van der Waals surface area contributed by atoms with Gasteiger partial charge in [-0.2, -0.15) is 5.26 Å². The highest BCUT2D eigenvalue weighted by Gasteiger charge is 2.33. The summed E-state index contributed by atoms with van der Waals surface area (Å²) in [5, 5.41) is 12.2. The van der Waals surface area contributed by atoms with Crippen molar-refractivity contribution in [2.24, 2.45) is 0 Å². The van der Waals surface area contributed by atoms with E-state index in [1.165, 1.54) is 11.1 Å². The topological polar surface area (TPSA) is 103 Å². The van der Waals surface area contributed by atoms with E-state index in [1.807, 2.05) is 6.07 Å². The normalized spacial score (nSPS) is 18.1. The van der Waals surface area contributed by atoms with E-state index < -0.39 is 9.84 Å². The molecule has 0 aliphatic carbocycles. The van der Waals surface area contributed by atoms with Gasteiger partial charge in [-0.3, -0.25) is 4.79 Å². The number of aromatic nitrogens is 1. The maximum atomic E-state index is 12.5. The zero-order valence-corrected chi connectivity index (χ0v) is 15.0. The third kappa shape index (κ3) is 3.83. The number of hydrogen-bond acceptors (Lipinski definition) is 6. The van der Waals surface area contributed by atoms with Gasteiger partial charge < -0.3 is 10.2 Å². The summed E-state index contributed by atoms with van der Waals surface area (Å²) >= 11 is 0. The summed E-state index contributed by atoms with van der Waals surface area (Å²) in [6, 6.07) is 12.2. The quantitative estimate of drug-likeness (QED) is 0.882. The van der Waals surface area contributed by atoms with E-state index in [4.69, 9.17) is 5.26 Å². The van der Waals surface area contributed by atoms with Crippen molar-refractivity contribution >= 4 is 27.1 Å². The summed E-state index contributed by atoms with van der Waals surface area (Å²) in [6.07, 6.45) is 1.97. The minimum atomic E-state index is -3.05. The van der Waals surface area contributed by atoms with Crippen molar-refractivity contribution < 1.29 is 13.2 Å². The largest absolute Gasteiger partial charge is 0.353 e. The molecule has 1 N–H and O–H groups in total. The van der Waals surface area contributed by atoms with Crippen molar-refractivity contribution in [2.75, 3.05) is 23.9 Å². The second-order valence-corrected chi connectivity index (χ2v) is 8.42. The van der Waals surface area contributed by atoms with E-state index in [9.17, 15) is 13.2 Å². The van der Waals surface area contributed by atoms with Crippen LogP contribution in [0, 0.1) is 11.3 Å². The Hall–Kier alpha value is -2.92. The zero-order chi connectivity index (χ0) is 18.7. The molecule has 0 saturated carbocycles. The Morgan fingerprint density at radius 2 is 2.08 bits per heavy atom. The van der Waals surface area contributed by atoms with Crippen LogP contribution in [0.3, 0.4) is 0 Å². The fourth-order valence-corrected chi connectivity index (χ4v) is 4.64. The average Bonchev–Trinajstić information content (AvgIpc) is 3.01. The van der Waals surface area contributed by atoms with Gasteiger partial charge in [0.2, 0.25) is 0 Å². The van der Waals surface area contributed by atoms with Crippen molar-refractivity contribution in [3.63, 3.8) is 0 Å². The lowest BCUT2D eigenvalue weighted by Crippen LogP contribution is -2.38. The van der Waals surface area contributed by atoms with E-state index in [0.29, 0.717) is 23.4 Å². The predicted molar refractivity (Wildman–Crippen MR) is 97.8 cm³/mol. The standard InChI is InChI=1S/C18H18N4O3S/c1-22(15-8-9-26(24,25)12-15)18(23)17-7-6-14(11-20-17)21-16-5-3-2-4-13(16)10-19/h2-7,11,15,21H,8-9,12H2,1H3. The molecule has 1 aliphatic rings. The Morgan fingerprint density at radius 1 is 1.31 bits per heavy atom. The van der Waals surface area contributed by atoms with Crippen molar-refractivity contribution in [1.29, 1.82) is 5.26 Å². The summed E-state index contributed by atoms with van der Waals surface area (Å²) in [7, 11) is -1.45. The molecule has 1 unspecified atom stereocenters. The monoisotopic (exact) mass is 370 g/mol. The molecule has 1 atom stereocenters. The highest BCUT2D eigenvalue weighted by atomic mass is 32.2. The molecular formula is C18H18N4O3S. The first-order chi connectivity index (χ1) is 12.4. The Kier molecular flexibility index (Phi) is 4.91. The maximum Gasteiger partial charge on any atom is 0.272 e. The molecule has 1 fully saturated rings. The van der Waals surface area contributed by atoms with Gasteiger partial charge in [0.25, 0.3) is 5.91 Å². The number of sulfone groups is 1. The molecule has 2 heterocycles. The highest BCUT2D eigenvalue weighted by molar-refractivity contribution is 7.91. The van der Waals surface area contributed by atoms with Crippen molar-refractivity contribution in [1.82, 2.24) is 9.88 Å². The van der Waals surface area contributed by atoms with Gasteiger partial charge in [-0.25, -0.2) is 13.4 Å². The molecule has 1 aromatic heterocycles. The number of amides is 1. The molecule has 134 valence electrons. The zero-order valence-electron chi connectivity index (χ0n) is 14.2. The van der Waals surface area contributed by atoms with Crippen LogP contribution in [0.25, 0.3) is 0 Å². The fraction of sp³-hybridized carbons (Fsp3) is 0.278. The van der Waals surface area contributed by atoms with E-state index in [0.717, 1.165) is 0 Å². The molecule has 26 heavy (non-hydrogen) atoms. The molecule has 1 aromatic carbocycles. The first kappa shape index (κ1) is 17.9. The average molecular weight is 370 g/mol. The first-order valence-corrected chi connectivity index (χ1v) is 9.91. The molecule has 1 amide bonds. The smallest absolute Gasteiger partial charge is 0.272 e. The molecular weight excluding hydrogens is 352 g/mol. The van der Waals surface area contributed by atoms with Crippen LogP contribution in [-0.2, 0) is 9.84 Å². The number of para-hydroxylation sites is 1. The summed E-state index contributed by atoms with van der Waals surface area (Å²) in [5.74, 6) is -0.194. The number of anilines is 2. The molecule has 1 saturated heterocycles. The van der Waals surface area contributed by atoms with Gasteiger partial charge in [-0.15, -0.1) is 0 Å². The maximum absolute atomic E-state index is 12.5. The van der Waals surface area contributed by atoms with Crippen LogP contribution in [-0.4, -0.2) is 48.8 Å². The Labute approximate surface area is 152 Å². The Morgan fingerprint density at radius 3 is 2.69 bits per heavy atom. The van der Waals surface area contributed by atoms with Gasteiger partial charge in [0, 0.05) is 13.1 Å². The highest BCUT2D eigenvalue weighted by Crippen LogP contribution is 2.21. The van der Waals surface area contributed by atoms with Gasteiger partial charge in [0.15, 0.2) is 9.84 Å². The first-order valence-electron chi connectivity index (χ1n) is 8.09. The van der Waals surface area contributed by atoms with E-state index in [1.54, 1.807) is 37.4 Å². The lowest BCUT2D eigenvalue weighted by Gasteiger charge is -2.23. The third-order valence-electron chi connectivity index (χ3n) is 4.39. The SMILES string of the molecule is CN(C(=O)c1ccc(Nc2ccccc2C#N)cn1)C1CCS(=O)(=O)C1. The summed E-state index contributed by atoms with van der Waals surface area (Å²) < 4.78 is 23.2. The van der Waals surface area contributed by atoms with Crippen LogP contribution < -0.4 is 5.32 Å². The molecule has 0 bridgehead atoms. The number of rotatable bonds is 4. The van der Waals surface area contributed by atoms with Crippen molar-refractivity contribution in [2.45, 2.75) is 12.5 Å². The second kappa shape index (κ2) is 7.14. The van der Waals surface area contributed by atoms with Crippen LogP contribution in [0.4, 0.5) is 11.4 Å². The molecule has 2 aromatic rings. The van der Waals surface area contributed by atoms with Gasteiger partial charge in [-0.05, 0) is 30.7 Å². The summed E-state index contributed by atoms with van der Waals surface area (Å²) in [6.45, 7) is 0. The lowest BCUT2D eigenvalue weighted by molar-refractivity contribution is 0.0742.